The predicted octanol–water partition coefficient (Wildman–Crippen LogP) is 3.48. The van der Waals surface area contributed by atoms with Crippen LogP contribution in [-0.2, 0) is 22.4 Å². The number of rotatable bonds is 8. The fraction of sp³-hybridized carbons (Fsp3) is 0.263. The Hall–Kier alpha value is -2.62. The molecule has 0 aromatic heterocycles. The average molecular weight is 311 g/mol. The average Bonchev–Trinajstić information content (AvgIpc) is 2.60. The number of hydrogen-bond donors (Lipinski definition) is 1. The zero-order chi connectivity index (χ0) is 16.3. The molecule has 2 aromatic carbocycles. The molecule has 4 nitrogen and oxygen atoms in total. The zero-order valence-electron chi connectivity index (χ0n) is 13.0. The summed E-state index contributed by atoms with van der Waals surface area (Å²) in [6.07, 6.45) is 3.20. The largest absolute Gasteiger partial charge is 0.465 e. The summed E-state index contributed by atoms with van der Waals surface area (Å²) in [6, 6.07) is 19.7. The summed E-state index contributed by atoms with van der Waals surface area (Å²) in [5.74, 6) is -0.884. The molecule has 0 saturated heterocycles. The maximum absolute atomic E-state index is 12.1. The Labute approximate surface area is 136 Å². The van der Waals surface area contributed by atoms with Crippen LogP contribution in [0.15, 0.2) is 65.8 Å². The standard InChI is InChI=1S/C19H21NO3/c21-19(23-14-13-17-9-5-2-6-10-17)18(15-20-22)12-11-16-7-3-1-4-8-16/h1-10,15,18,22H,11-14H2/b20-15-. The van der Waals surface area contributed by atoms with Crippen molar-refractivity contribution in [1.82, 2.24) is 0 Å². The molecule has 1 atom stereocenters. The first-order valence-corrected chi connectivity index (χ1v) is 7.71. The molecule has 0 aliphatic rings. The van der Waals surface area contributed by atoms with Crippen molar-refractivity contribution >= 4 is 12.2 Å². The molecule has 0 fully saturated rings. The van der Waals surface area contributed by atoms with Crippen LogP contribution >= 0.6 is 0 Å². The smallest absolute Gasteiger partial charge is 0.314 e. The van der Waals surface area contributed by atoms with Crippen LogP contribution < -0.4 is 0 Å². The van der Waals surface area contributed by atoms with Crippen LogP contribution in [0.4, 0.5) is 0 Å². The van der Waals surface area contributed by atoms with Gasteiger partial charge in [-0.1, -0.05) is 60.7 Å². The van der Waals surface area contributed by atoms with Crippen molar-refractivity contribution < 1.29 is 14.7 Å². The molecule has 120 valence electrons. The molecule has 1 unspecified atom stereocenters. The molecule has 4 heteroatoms. The molecule has 0 spiro atoms. The van der Waals surface area contributed by atoms with Gasteiger partial charge < -0.3 is 9.94 Å². The molecule has 2 aromatic rings. The minimum Gasteiger partial charge on any atom is -0.465 e. The lowest BCUT2D eigenvalue weighted by atomic mass is 10.0. The molecule has 0 amide bonds. The van der Waals surface area contributed by atoms with Crippen LogP contribution in [0, 0.1) is 5.92 Å². The van der Waals surface area contributed by atoms with E-state index in [4.69, 9.17) is 9.94 Å². The second kappa shape index (κ2) is 9.41. The number of carbonyl (C=O) groups is 1. The SMILES string of the molecule is O=C(OCCc1ccccc1)C(/C=N\O)CCc1ccccc1. The Morgan fingerprint density at radius 1 is 1.00 bits per heavy atom. The van der Waals surface area contributed by atoms with Crippen LogP contribution in [-0.4, -0.2) is 24.0 Å². The van der Waals surface area contributed by atoms with Gasteiger partial charge in [-0.25, -0.2) is 0 Å². The highest BCUT2D eigenvalue weighted by atomic mass is 16.5. The minimum atomic E-state index is -0.532. The first kappa shape index (κ1) is 16.7. The number of carbonyl (C=O) groups excluding carboxylic acids is 1. The second-order valence-corrected chi connectivity index (χ2v) is 5.30. The topological polar surface area (TPSA) is 58.9 Å². The molecular weight excluding hydrogens is 290 g/mol. The number of oxime groups is 1. The lowest BCUT2D eigenvalue weighted by Crippen LogP contribution is -2.21. The van der Waals surface area contributed by atoms with E-state index < -0.39 is 5.92 Å². The fourth-order valence-corrected chi connectivity index (χ4v) is 2.32. The highest BCUT2D eigenvalue weighted by molar-refractivity contribution is 5.89. The number of esters is 1. The number of ether oxygens (including phenoxy) is 1. The molecule has 0 aliphatic carbocycles. The molecule has 1 N–H and O–H groups in total. The van der Waals surface area contributed by atoms with E-state index in [1.807, 2.05) is 60.7 Å². The van der Waals surface area contributed by atoms with Gasteiger partial charge in [0.05, 0.1) is 18.7 Å². The molecule has 0 radical (unpaired) electrons. The lowest BCUT2D eigenvalue weighted by molar-refractivity contribution is -0.146. The monoisotopic (exact) mass is 311 g/mol. The van der Waals surface area contributed by atoms with Crippen molar-refractivity contribution in [1.29, 1.82) is 0 Å². The second-order valence-electron chi connectivity index (χ2n) is 5.30. The number of hydrogen-bond acceptors (Lipinski definition) is 4. The third kappa shape index (κ3) is 5.94. The third-order valence-corrected chi connectivity index (χ3v) is 3.61. The lowest BCUT2D eigenvalue weighted by Gasteiger charge is -2.11. The van der Waals surface area contributed by atoms with E-state index in [0.717, 1.165) is 17.5 Å². The highest BCUT2D eigenvalue weighted by Crippen LogP contribution is 2.11. The van der Waals surface area contributed by atoms with Gasteiger partial charge >= 0.3 is 5.97 Å². The predicted molar refractivity (Wildman–Crippen MR) is 89.6 cm³/mol. The van der Waals surface area contributed by atoms with Gasteiger partial charge in [-0.05, 0) is 24.0 Å². The van der Waals surface area contributed by atoms with Gasteiger partial charge in [-0.2, -0.15) is 0 Å². The Bertz CT molecular complexity index is 611. The first-order chi connectivity index (χ1) is 11.3. The van der Waals surface area contributed by atoms with E-state index in [1.165, 1.54) is 6.21 Å². The summed E-state index contributed by atoms with van der Waals surface area (Å²) >= 11 is 0. The van der Waals surface area contributed by atoms with Gasteiger partial charge in [0.25, 0.3) is 0 Å². The van der Waals surface area contributed by atoms with Gasteiger partial charge in [0, 0.05) is 6.42 Å². The van der Waals surface area contributed by atoms with Crippen molar-refractivity contribution in [3.8, 4) is 0 Å². The van der Waals surface area contributed by atoms with Crippen LogP contribution in [0.3, 0.4) is 0 Å². The summed E-state index contributed by atoms with van der Waals surface area (Å²) in [5, 5.41) is 11.8. The maximum Gasteiger partial charge on any atom is 0.314 e. The molecular formula is C19H21NO3. The summed E-state index contributed by atoms with van der Waals surface area (Å²) in [4.78, 5) is 12.1. The Balaban J connectivity index is 1.80. The maximum atomic E-state index is 12.1. The van der Waals surface area contributed by atoms with E-state index in [2.05, 4.69) is 5.16 Å². The van der Waals surface area contributed by atoms with E-state index in [1.54, 1.807) is 0 Å². The summed E-state index contributed by atoms with van der Waals surface area (Å²) in [7, 11) is 0. The Kier molecular flexibility index (Phi) is 6.85. The van der Waals surface area contributed by atoms with Gasteiger partial charge in [0.1, 0.15) is 0 Å². The number of benzene rings is 2. The molecule has 0 bridgehead atoms. The van der Waals surface area contributed by atoms with Crippen molar-refractivity contribution in [2.45, 2.75) is 19.3 Å². The van der Waals surface area contributed by atoms with Crippen LogP contribution in [0.25, 0.3) is 0 Å². The van der Waals surface area contributed by atoms with Gasteiger partial charge in [-0.15, -0.1) is 5.16 Å². The summed E-state index contributed by atoms with van der Waals surface area (Å²) in [6.45, 7) is 0.323. The first-order valence-electron chi connectivity index (χ1n) is 7.71. The van der Waals surface area contributed by atoms with Crippen molar-refractivity contribution in [3.05, 3.63) is 71.8 Å². The molecule has 23 heavy (non-hydrogen) atoms. The summed E-state index contributed by atoms with van der Waals surface area (Å²) in [5.41, 5.74) is 2.26. The third-order valence-electron chi connectivity index (χ3n) is 3.61. The van der Waals surface area contributed by atoms with Crippen LogP contribution in [0.1, 0.15) is 17.5 Å². The van der Waals surface area contributed by atoms with Crippen LogP contribution in [0.5, 0.6) is 0 Å². The van der Waals surface area contributed by atoms with Crippen molar-refractivity contribution in [2.75, 3.05) is 6.61 Å². The normalized spacial score (nSPS) is 12.2. The zero-order valence-corrected chi connectivity index (χ0v) is 13.0. The Morgan fingerprint density at radius 3 is 2.13 bits per heavy atom. The molecule has 0 aliphatic heterocycles. The van der Waals surface area contributed by atoms with Gasteiger partial charge in [0.15, 0.2) is 0 Å². The fourth-order valence-electron chi connectivity index (χ4n) is 2.32. The van der Waals surface area contributed by atoms with E-state index in [9.17, 15) is 4.79 Å². The van der Waals surface area contributed by atoms with E-state index in [-0.39, 0.29) is 5.97 Å². The van der Waals surface area contributed by atoms with Gasteiger partial charge in [0.2, 0.25) is 0 Å². The van der Waals surface area contributed by atoms with Crippen molar-refractivity contribution in [2.24, 2.45) is 11.1 Å². The quantitative estimate of drug-likeness (QED) is 0.351. The Morgan fingerprint density at radius 2 is 1.57 bits per heavy atom. The number of aryl methyl sites for hydroxylation is 1. The van der Waals surface area contributed by atoms with Crippen LogP contribution in [0.2, 0.25) is 0 Å². The summed E-state index contributed by atoms with van der Waals surface area (Å²) < 4.78 is 5.31. The molecule has 2 rings (SSSR count). The minimum absolute atomic E-state index is 0.323. The van der Waals surface area contributed by atoms with Gasteiger partial charge in [-0.3, -0.25) is 4.79 Å². The van der Waals surface area contributed by atoms with E-state index in [0.29, 0.717) is 19.4 Å². The van der Waals surface area contributed by atoms with E-state index >= 15 is 0 Å². The molecule has 0 saturated carbocycles. The number of nitrogens with zero attached hydrogens (tertiary/aromatic N) is 1. The van der Waals surface area contributed by atoms with Crippen molar-refractivity contribution in [3.63, 3.8) is 0 Å². The highest BCUT2D eigenvalue weighted by Gasteiger charge is 2.18. The molecule has 0 heterocycles.